The highest BCUT2D eigenvalue weighted by molar-refractivity contribution is 5.96. The van der Waals surface area contributed by atoms with E-state index in [1.807, 2.05) is 20.8 Å². The summed E-state index contributed by atoms with van der Waals surface area (Å²) in [5, 5.41) is 11.7. The van der Waals surface area contributed by atoms with Crippen molar-refractivity contribution in [3.63, 3.8) is 0 Å². The molecule has 5 nitrogen and oxygen atoms in total. The Kier molecular flexibility index (Phi) is 5.06. The topological polar surface area (TPSA) is 92.4 Å². The third-order valence-electron chi connectivity index (χ3n) is 3.14. The summed E-state index contributed by atoms with van der Waals surface area (Å²) in [5.41, 5.74) is 7.07. The second kappa shape index (κ2) is 6.33. The quantitative estimate of drug-likeness (QED) is 0.756. The number of benzene rings is 1. The van der Waals surface area contributed by atoms with Crippen molar-refractivity contribution < 1.29 is 14.7 Å². The first kappa shape index (κ1) is 15.2. The second-order valence-electron chi connectivity index (χ2n) is 4.91. The zero-order valence-corrected chi connectivity index (χ0v) is 11.4. The molecular formula is C14H20N2O3. The van der Waals surface area contributed by atoms with Gasteiger partial charge in [-0.05, 0) is 30.5 Å². The molecule has 0 heterocycles. The number of aromatic carboxylic acids is 1. The van der Waals surface area contributed by atoms with Gasteiger partial charge in [0.1, 0.15) is 0 Å². The molecule has 104 valence electrons. The van der Waals surface area contributed by atoms with Crippen molar-refractivity contribution in [2.75, 3.05) is 11.9 Å². The number of hydrogen-bond acceptors (Lipinski definition) is 3. The molecule has 5 heteroatoms. The van der Waals surface area contributed by atoms with Crippen LogP contribution in [0.3, 0.4) is 0 Å². The Morgan fingerprint density at radius 1 is 1.37 bits per heavy atom. The molecule has 1 amide bonds. The van der Waals surface area contributed by atoms with Gasteiger partial charge in [-0.3, -0.25) is 4.79 Å². The van der Waals surface area contributed by atoms with E-state index in [0.717, 1.165) is 5.56 Å². The number of anilines is 1. The molecule has 0 saturated heterocycles. The Morgan fingerprint density at radius 3 is 2.47 bits per heavy atom. The highest BCUT2D eigenvalue weighted by atomic mass is 16.4. The molecule has 0 bridgehead atoms. The molecule has 1 aromatic rings. The normalized spacial score (nSPS) is 12.3. The lowest BCUT2D eigenvalue weighted by Gasteiger charge is -2.19. The van der Waals surface area contributed by atoms with E-state index < -0.39 is 5.97 Å². The SMILES string of the molecule is Cc1ccc(C(=O)O)cc1NC(=O)C(CN)C(C)C. The maximum Gasteiger partial charge on any atom is 0.335 e. The fourth-order valence-corrected chi connectivity index (χ4v) is 1.80. The first-order valence-electron chi connectivity index (χ1n) is 6.21. The average molecular weight is 264 g/mol. The van der Waals surface area contributed by atoms with Gasteiger partial charge < -0.3 is 16.2 Å². The first-order chi connectivity index (χ1) is 8.86. The monoisotopic (exact) mass is 264 g/mol. The van der Waals surface area contributed by atoms with Crippen molar-refractivity contribution in [2.24, 2.45) is 17.6 Å². The lowest BCUT2D eigenvalue weighted by Crippen LogP contribution is -2.33. The number of amides is 1. The molecule has 0 aliphatic rings. The molecule has 0 aliphatic heterocycles. The Bertz CT molecular complexity index is 484. The molecule has 0 saturated carbocycles. The summed E-state index contributed by atoms with van der Waals surface area (Å²) in [5.74, 6) is -1.35. The van der Waals surface area contributed by atoms with Gasteiger partial charge in [-0.25, -0.2) is 4.79 Å². The number of carboxylic acid groups (broad SMARTS) is 1. The maximum absolute atomic E-state index is 12.1. The Hall–Kier alpha value is -1.88. The van der Waals surface area contributed by atoms with Gasteiger partial charge in [0.25, 0.3) is 0 Å². The fourth-order valence-electron chi connectivity index (χ4n) is 1.80. The summed E-state index contributed by atoms with van der Waals surface area (Å²) < 4.78 is 0. The van der Waals surface area contributed by atoms with Crippen LogP contribution in [0.1, 0.15) is 29.8 Å². The summed E-state index contributed by atoms with van der Waals surface area (Å²) in [6.07, 6.45) is 0. The van der Waals surface area contributed by atoms with Gasteiger partial charge in [0.2, 0.25) is 5.91 Å². The van der Waals surface area contributed by atoms with Gasteiger partial charge in [0.05, 0.1) is 11.5 Å². The van der Waals surface area contributed by atoms with Crippen molar-refractivity contribution in [1.29, 1.82) is 0 Å². The molecule has 1 atom stereocenters. The Morgan fingerprint density at radius 2 is 2.00 bits per heavy atom. The maximum atomic E-state index is 12.1. The standard InChI is InChI=1S/C14H20N2O3/c1-8(2)11(7-15)13(17)16-12-6-10(14(18)19)5-4-9(12)3/h4-6,8,11H,7,15H2,1-3H3,(H,16,17)(H,18,19). The third kappa shape index (κ3) is 3.79. The van der Waals surface area contributed by atoms with E-state index in [4.69, 9.17) is 10.8 Å². The second-order valence-corrected chi connectivity index (χ2v) is 4.91. The predicted octanol–water partition coefficient (Wildman–Crippen LogP) is 1.86. The van der Waals surface area contributed by atoms with Crippen molar-refractivity contribution in [3.8, 4) is 0 Å². The molecule has 0 radical (unpaired) electrons. The minimum absolute atomic E-state index is 0.132. The number of nitrogens with one attached hydrogen (secondary N) is 1. The summed E-state index contributed by atoms with van der Waals surface area (Å²) in [6.45, 7) is 5.94. The molecule has 1 aromatic carbocycles. The number of hydrogen-bond donors (Lipinski definition) is 3. The van der Waals surface area contributed by atoms with Crippen LogP contribution in [0.4, 0.5) is 5.69 Å². The predicted molar refractivity (Wildman–Crippen MR) is 74.2 cm³/mol. The lowest BCUT2D eigenvalue weighted by molar-refractivity contribution is -0.120. The number of carbonyl (C=O) groups excluding carboxylic acids is 1. The van der Waals surface area contributed by atoms with Gasteiger partial charge >= 0.3 is 5.97 Å². The molecule has 0 aliphatic carbocycles. The van der Waals surface area contributed by atoms with E-state index in [1.165, 1.54) is 12.1 Å². The lowest BCUT2D eigenvalue weighted by atomic mass is 9.95. The molecular weight excluding hydrogens is 244 g/mol. The Labute approximate surface area is 112 Å². The molecule has 0 fully saturated rings. The minimum atomic E-state index is -1.02. The van der Waals surface area contributed by atoms with E-state index >= 15 is 0 Å². The van der Waals surface area contributed by atoms with Gasteiger partial charge in [-0.1, -0.05) is 19.9 Å². The first-order valence-corrected chi connectivity index (χ1v) is 6.21. The summed E-state index contributed by atoms with van der Waals surface area (Å²) in [4.78, 5) is 23.0. The van der Waals surface area contributed by atoms with Gasteiger partial charge in [0, 0.05) is 12.2 Å². The number of carboxylic acids is 1. The number of aryl methyl sites for hydroxylation is 1. The van der Waals surface area contributed by atoms with Crippen LogP contribution in [0.2, 0.25) is 0 Å². The molecule has 1 rings (SSSR count). The Balaban J connectivity index is 2.95. The van der Waals surface area contributed by atoms with E-state index in [1.54, 1.807) is 6.07 Å². The van der Waals surface area contributed by atoms with E-state index in [2.05, 4.69) is 5.32 Å². The molecule has 0 aromatic heterocycles. The average Bonchev–Trinajstić information content (AvgIpc) is 2.31. The number of rotatable bonds is 5. The highest BCUT2D eigenvalue weighted by Crippen LogP contribution is 2.19. The third-order valence-corrected chi connectivity index (χ3v) is 3.14. The summed E-state index contributed by atoms with van der Waals surface area (Å²) in [6, 6.07) is 4.64. The molecule has 4 N–H and O–H groups in total. The van der Waals surface area contributed by atoms with Gasteiger partial charge in [-0.15, -0.1) is 0 Å². The van der Waals surface area contributed by atoms with Gasteiger partial charge in [0.15, 0.2) is 0 Å². The van der Waals surface area contributed by atoms with E-state index in [-0.39, 0.29) is 29.9 Å². The van der Waals surface area contributed by atoms with Crippen LogP contribution < -0.4 is 11.1 Å². The van der Waals surface area contributed by atoms with Crippen molar-refractivity contribution in [2.45, 2.75) is 20.8 Å². The molecule has 19 heavy (non-hydrogen) atoms. The van der Waals surface area contributed by atoms with Crippen molar-refractivity contribution >= 4 is 17.6 Å². The summed E-state index contributed by atoms with van der Waals surface area (Å²) >= 11 is 0. The van der Waals surface area contributed by atoms with Crippen LogP contribution in [0, 0.1) is 18.8 Å². The van der Waals surface area contributed by atoms with Crippen molar-refractivity contribution in [3.05, 3.63) is 29.3 Å². The minimum Gasteiger partial charge on any atom is -0.478 e. The smallest absolute Gasteiger partial charge is 0.335 e. The molecule has 1 unspecified atom stereocenters. The van der Waals surface area contributed by atoms with Crippen LogP contribution >= 0.6 is 0 Å². The van der Waals surface area contributed by atoms with Gasteiger partial charge in [-0.2, -0.15) is 0 Å². The zero-order valence-electron chi connectivity index (χ0n) is 11.4. The van der Waals surface area contributed by atoms with Crippen LogP contribution in [0.15, 0.2) is 18.2 Å². The fraction of sp³-hybridized carbons (Fsp3) is 0.429. The zero-order chi connectivity index (χ0) is 14.6. The van der Waals surface area contributed by atoms with Crippen LogP contribution in [0.5, 0.6) is 0 Å². The largest absolute Gasteiger partial charge is 0.478 e. The molecule has 0 spiro atoms. The van der Waals surface area contributed by atoms with Crippen LogP contribution in [0.25, 0.3) is 0 Å². The van der Waals surface area contributed by atoms with Crippen LogP contribution in [-0.4, -0.2) is 23.5 Å². The van der Waals surface area contributed by atoms with E-state index in [0.29, 0.717) is 5.69 Å². The van der Waals surface area contributed by atoms with Crippen molar-refractivity contribution in [1.82, 2.24) is 0 Å². The highest BCUT2D eigenvalue weighted by Gasteiger charge is 2.21. The summed E-state index contributed by atoms with van der Waals surface area (Å²) in [7, 11) is 0. The van der Waals surface area contributed by atoms with E-state index in [9.17, 15) is 9.59 Å². The number of nitrogens with two attached hydrogens (primary N) is 1. The van der Waals surface area contributed by atoms with Crippen LogP contribution in [-0.2, 0) is 4.79 Å². The number of carbonyl (C=O) groups is 2.